The maximum Gasteiger partial charge on any atom is 0.149 e. The van der Waals surface area contributed by atoms with Gasteiger partial charge in [-0.3, -0.25) is 19.4 Å². The molecule has 2 rings (SSSR count). The fourth-order valence-electron chi connectivity index (χ4n) is 3.35. The van der Waals surface area contributed by atoms with Crippen LogP contribution in [0.2, 0.25) is 0 Å². The van der Waals surface area contributed by atoms with Crippen LogP contribution in [0.15, 0.2) is 0 Å². The minimum Gasteiger partial charge on any atom is -0.395 e. The molecule has 5 heteroatoms. The van der Waals surface area contributed by atoms with Gasteiger partial charge in [0.25, 0.3) is 0 Å². The highest BCUT2D eigenvalue weighted by molar-refractivity contribution is 5.85. The highest BCUT2D eigenvalue weighted by atomic mass is 16.3. The molecule has 0 spiro atoms. The van der Waals surface area contributed by atoms with E-state index in [9.17, 15) is 9.59 Å². The molecular weight excluding hydrogens is 292 g/mol. The topological polar surface area (TPSA) is 60.9 Å². The van der Waals surface area contributed by atoms with Crippen LogP contribution >= 0.6 is 0 Å². The molecule has 0 amide bonds. The summed E-state index contributed by atoms with van der Waals surface area (Å²) < 4.78 is 0. The molecule has 2 heterocycles. The van der Waals surface area contributed by atoms with Crippen molar-refractivity contribution in [3.63, 3.8) is 0 Å². The molecule has 0 radical (unpaired) electrons. The number of aliphatic hydroxyl groups is 1. The number of aliphatic hydroxyl groups excluding tert-OH is 1. The van der Waals surface area contributed by atoms with Gasteiger partial charge >= 0.3 is 0 Å². The standard InChI is InChI=1S/C10H19NO2.C8H15NO/c1-8(13)10(2,3)11-6-4-5-9(11)7-12;1-7(8(2)10)9-5-3-4-6-9/h9,12H,4-7H2,1-3H3;7H,3-6H2,1-2H3/t;7-/m.0/s1. The fourth-order valence-corrected chi connectivity index (χ4v) is 3.35. The number of carbonyl (C=O) groups is 2. The molecule has 134 valence electrons. The van der Waals surface area contributed by atoms with E-state index in [1.165, 1.54) is 12.8 Å². The molecule has 2 aliphatic rings. The van der Waals surface area contributed by atoms with E-state index in [0.29, 0.717) is 5.78 Å². The molecule has 1 unspecified atom stereocenters. The van der Waals surface area contributed by atoms with Gasteiger partial charge in [0.05, 0.1) is 18.2 Å². The fraction of sp³-hybridized carbons (Fsp3) is 0.889. The highest BCUT2D eigenvalue weighted by Gasteiger charge is 2.38. The summed E-state index contributed by atoms with van der Waals surface area (Å²) in [6.45, 7) is 12.5. The van der Waals surface area contributed by atoms with E-state index in [1.54, 1.807) is 13.8 Å². The molecule has 5 nitrogen and oxygen atoms in total. The van der Waals surface area contributed by atoms with Gasteiger partial charge in [0.15, 0.2) is 0 Å². The predicted molar refractivity (Wildman–Crippen MR) is 92.5 cm³/mol. The molecule has 2 aliphatic heterocycles. The van der Waals surface area contributed by atoms with Crippen LogP contribution in [0.4, 0.5) is 0 Å². The average molecular weight is 326 g/mol. The van der Waals surface area contributed by atoms with Gasteiger partial charge in [0, 0.05) is 6.04 Å². The Morgan fingerprint density at radius 2 is 1.70 bits per heavy atom. The Hall–Kier alpha value is -0.780. The third-order valence-corrected chi connectivity index (χ3v) is 5.44. The lowest BCUT2D eigenvalue weighted by Gasteiger charge is -2.37. The third-order valence-electron chi connectivity index (χ3n) is 5.44. The zero-order valence-electron chi connectivity index (χ0n) is 15.5. The minimum atomic E-state index is -0.413. The summed E-state index contributed by atoms with van der Waals surface area (Å²) in [7, 11) is 0. The summed E-state index contributed by atoms with van der Waals surface area (Å²) in [6.07, 6.45) is 4.62. The molecule has 2 saturated heterocycles. The Balaban J connectivity index is 0.000000238. The average Bonchev–Trinajstić information content (AvgIpc) is 3.17. The molecule has 2 atom stereocenters. The number of likely N-dealkylation sites (tertiary alicyclic amines) is 2. The first-order valence-corrected chi connectivity index (χ1v) is 8.85. The summed E-state index contributed by atoms with van der Waals surface area (Å²) in [5, 5.41) is 9.13. The molecule has 0 aromatic carbocycles. The zero-order chi connectivity index (χ0) is 17.6. The molecule has 23 heavy (non-hydrogen) atoms. The zero-order valence-corrected chi connectivity index (χ0v) is 15.5. The Bertz CT molecular complexity index is 403. The first-order chi connectivity index (χ1) is 10.7. The quantitative estimate of drug-likeness (QED) is 0.836. The number of Topliss-reactive ketones (excluding diaryl/α,β-unsaturated/α-hetero) is 2. The van der Waals surface area contributed by atoms with E-state index in [4.69, 9.17) is 5.11 Å². The number of hydrogen-bond acceptors (Lipinski definition) is 5. The van der Waals surface area contributed by atoms with Gasteiger partial charge in [-0.2, -0.15) is 0 Å². The summed E-state index contributed by atoms with van der Waals surface area (Å²) in [5.74, 6) is 0.467. The van der Waals surface area contributed by atoms with Crippen molar-refractivity contribution in [3.8, 4) is 0 Å². The van der Waals surface area contributed by atoms with E-state index in [2.05, 4.69) is 9.80 Å². The van der Waals surface area contributed by atoms with Crippen LogP contribution in [-0.2, 0) is 9.59 Å². The van der Waals surface area contributed by atoms with Crippen molar-refractivity contribution in [1.29, 1.82) is 0 Å². The van der Waals surface area contributed by atoms with E-state index < -0.39 is 5.54 Å². The number of hydrogen-bond donors (Lipinski definition) is 1. The normalized spacial score (nSPS) is 24.2. The summed E-state index contributed by atoms with van der Waals surface area (Å²) in [5.41, 5.74) is -0.413. The van der Waals surface area contributed by atoms with Crippen molar-refractivity contribution in [2.45, 2.75) is 77.9 Å². The SMILES string of the molecule is CC(=O)C(C)(C)N1CCCC1CO.CC(=O)[C@H](C)N1CCCC1. The summed E-state index contributed by atoms with van der Waals surface area (Å²) in [4.78, 5) is 26.7. The third kappa shape index (κ3) is 5.37. The lowest BCUT2D eigenvalue weighted by molar-refractivity contribution is -0.128. The van der Waals surface area contributed by atoms with Crippen molar-refractivity contribution in [2.24, 2.45) is 0 Å². The largest absolute Gasteiger partial charge is 0.395 e. The first kappa shape index (κ1) is 20.3. The van der Waals surface area contributed by atoms with Crippen LogP contribution < -0.4 is 0 Å². The van der Waals surface area contributed by atoms with Gasteiger partial charge in [-0.1, -0.05) is 0 Å². The molecule has 1 N–H and O–H groups in total. The number of ketones is 2. The van der Waals surface area contributed by atoms with Crippen LogP contribution in [0.1, 0.15) is 60.3 Å². The molecule has 0 bridgehead atoms. The Morgan fingerprint density at radius 1 is 1.13 bits per heavy atom. The van der Waals surface area contributed by atoms with Crippen LogP contribution in [0, 0.1) is 0 Å². The maximum atomic E-state index is 11.4. The number of carbonyl (C=O) groups excluding carboxylic acids is 2. The second-order valence-corrected chi connectivity index (χ2v) is 7.32. The molecule has 0 aliphatic carbocycles. The van der Waals surface area contributed by atoms with E-state index in [-0.39, 0.29) is 24.5 Å². The molecule has 0 aromatic heterocycles. The second-order valence-electron chi connectivity index (χ2n) is 7.32. The minimum absolute atomic E-state index is 0.155. The van der Waals surface area contributed by atoms with Gasteiger partial charge in [0.1, 0.15) is 11.6 Å². The van der Waals surface area contributed by atoms with Crippen LogP contribution in [0.25, 0.3) is 0 Å². The van der Waals surface area contributed by atoms with Gasteiger partial charge in [-0.15, -0.1) is 0 Å². The number of nitrogens with zero attached hydrogens (tertiary/aromatic N) is 2. The van der Waals surface area contributed by atoms with Crippen LogP contribution in [0.5, 0.6) is 0 Å². The Labute approximate surface area is 141 Å². The summed E-state index contributed by atoms with van der Waals surface area (Å²) >= 11 is 0. The van der Waals surface area contributed by atoms with Crippen molar-refractivity contribution in [2.75, 3.05) is 26.2 Å². The van der Waals surface area contributed by atoms with E-state index in [0.717, 1.165) is 32.5 Å². The molecule has 2 fully saturated rings. The van der Waals surface area contributed by atoms with Gasteiger partial charge in [0.2, 0.25) is 0 Å². The Morgan fingerprint density at radius 3 is 2.13 bits per heavy atom. The maximum absolute atomic E-state index is 11.4. The smallest absolute Gasteiger partial charge is 0.149 e. The van der Waals surface area contributed by atoms with Gasteiger partial charge < -0.3 is 5.11 Å². The predicted octanol–water partition coefficient (Wildman–Crippen LogP) is 1.87. The van der Waals surface area contributed by atoms with Gasteiger partial charge in [-0.05, 0) is 79.9 Å². The monoisotopic (exact) mass is 326 g/mol. The van der Waals surface area contributed by atoms with Gasteiger partial charge in [-0.25, -0.2) is 0 Å². The summed E-state index contributed by atoms with van der Waals surface area (Å²) in [6, 6.07) is 0.335. The van der Waals surface area contributed by atoms with Crippen LogP contribution in [-0.4, -0.2) is 70.3 Å². The lowest BCUT2D eigenvalue weighted by atomic mass is 9.97. The van der Waals surface area contributed by atoms with Crippen molar-refractivity contribution < 1.29 is 14.7 Å². The lowest BCUT2D eigenvalue weighted by Crippen LogP contribution is -2.52. The highest BCUT2D eigenvalue weighted by Crippen LogP contribution is 2.26. The van der Waals surface area contributed by atoms with Crippen LogP contribution in [0.3, 0.4) is 0 Å². The van der Waals surface area contributed by atoms with E-state index >= 15 is 0 Å². The second kappa shape index (κ2) is 8.90. The van der Waals surface area contributed by atoms with Crippen molar-refractivity contribution in [3.05, 3.63) is 0 Å². The first-order valence-electron chi connectivity index (χ1n) is 8.85. The molecular formula is C18H34N2O3. The van der Waals surface area contributed by atoms with E-state index in [1.807, 2.05) is 20.8 Å². The van der Waals surface area contributed by atoms with Crippen molar-refractivity contribution >= 4 is 11.6 Å². The van der Waals surface area contributed by atoms with Crippen molar-refractivity contribution in [1.82, 2.24) is 9.80 Å². The molecule has 0 saturated carbocycles. The molecule has 0 aromatic rings. The Kier molecular flexibility index (Phi) is 7.84. The number of rotatable bonds is 5.